The smallest absolute Gasteiger partial charge is 0.326 e. The molecule has 0 saturated heterocycles. The molecule has 0 radical (unpaired) electrons. The highest BCUT2D eigenvalue weighted by Gasteiger charge is 2.32. The molecule has 1 N–H and O–H groups in total. The van der Waals surface area contributed by atoms with Gasteiger partial charge in [-0.2, -0.15) is 0 Å². The first-order valence-corrected chi connectivity index (χ1v) is 12.1. The molecule has 0 aliphatic heterocycles. The van der Waals surface area contributed by atoms with Gasteiger partial charge in [0, 0.05) is 28.7 Å². The predicted molar refractivity (Wildman–Crippen MR) is 135 cm³/mol. The van der Waals surface area contributed by atoms with Gasteiger partial charge in [0.1, 0.15) is 6.04 Å². The van der Waals surface area contributed by atoms with Gasteiger partial charge in [-0.15, -0.1) is 11.3 Å². The third kappa shape index (κ3) is 5.65. The van der Waals surface area contributed by atoms with Gasteiger partial charge in [-0.05, 0) is 58.5 Å². The van der Waals surface area contributed by atoms with Crippen LogP contribution in [-0.2, 0) is 17.8 Å². The number of aliphatic carboxylic acids is 1. The summed E-state index contributed by atoms with van der Waals surface area (Å²) in [6.07, 6.45) is 3.59. The average Bonchev–Trinajstić information content (AvgIpc) is 3.31. The molecular formula is C26H20Cl2N2O3S. The van der Waals surface area contributed by atoms with Gasteiger partial charge >= 0.3 is 5.97 Å². The van der Waals surface area contributed by atoms with E-state index in [0.717, 1.165) is 21.6 Å². The lowest BCUT2D eigenvalue weighted by atomic mass is 10.0. The number of aromatic nitrogens is 1. The topological polar surface area (TPSA) is 70.5 Å². The largest absolute Gasteiger partial charge is 0.480 e. The van der Waals surface area contributed by atoms with Crippen molar-refractivity contribution >= 4 is 46.4 Å². The fraction of sp³-hybridized carbons (Fsp3) is 0.115. The molecule has 0 aliphatic carbocycles. The monoisotopic (exact) mass is 510 g/mol. The second-order valence-corrected chi connectivity index (χ2v) is 9.48. The van der Waals surface area contributed by atoms with E-state index in [0.29, 0.717) is 5.02 Å². The number of amides is 1. The number of carbonyl (C=O) groups is 2. The summed E-state index contributed by atoms with van der Waals surface area (Å²) in [4.78, 5) is 32.3. The molecule has 0 unspecified atom stereocenters. The number of carbonyl (C=O) groups excluding carboxylic acids is 1. The molecule has 172 valence electrons. The Bertz CT molecular complexity index is 1300. The van der Waals surface area contributed by atoms with Crippen molar-refractivity contribution in [1.29, 1.82) is 0 Å². The van der Waals surface area contributed by atoms with Crippen molar-refractivity contribution in [3.8, 4) is 11.1 Å². The lowest BCUT2D eigenvalue weighted by Crippen LogP contribution is -2.46. The minimum atomic E-state index is -1.09. The summed E-state index contributed by atoms with van der Waals surface area (Å²) in [7, 11) is 0. The van der Waals surface area contributed by atoms with Gasteiger partial charge in [0.25, 0.3) is 5.91 Å². The molecule has 0 saturated carbocycles. The number of hydrogen-bond acceptors (Lipinski definition) is 4. The van der Waals surface area contributed by atoms with Gasteiger partial charge in [-0.25, -0.2) is 4.79 Å². The average molecular weight is 511 g/mol. The van der Waals surface area contributed by atoms with Crippen LogP contribution in [0.25, 0.3) is 11.1 Å². The van der Waals surface area contributed by atoms with E-state index in [1.165, 1.54) is 28.4 Å². The van der Waals surface area contributed by atoms with Crippen LogP contribution in [-0.4, -0.2) is 32.9 Å². The first-order chi connectivity index (χ1) is 16.4. The Hall–Kier alpha value is -3.19. The zero-order valence-electron chi connectivity index (χ0n) is 17.9. The minimum Gasteiger partial charge on any atom is -0.480 e. The van der Waals surface area contributed by atoms with E-state index < -0.39 is 17.9 Å². The number of benzene rings is 2. The maximum atomic E-state index is 13.6. The number of rotatable bonds is 8. The molecule has 4 aromatic rings. The second kappa shape index (κ2) is 10.8. The van der Waals surface area contributed by atoms with E-state index in [-0.39, 0.29) is 23.6 Å². The van der Waals surface area contributed by atoms with Crippen LogP contribution >= 0.6 is 34.5 Å². The Labute approximate surface area is 211 Å². The summed E-state index contributed by atoms with van der Waals surface area (Å²) in [5.74, 6) is -1.56. The van der Waals surface area contributed by atoms with Crippen molar-refractivity contribution < 1.29 is 14.7 Å². The van der Waals surface area contributed by atoms with Gasteiger partial charge < -0.3 is 10.0 Å². The highest BCUT2D eigenvalue weighted by atomic mass is 35.5. The second-order valence-electron chi connectivity index (χ2n) is 7.64. The molecule has 2 aromatic heterocycles. The maximum Gasteiger partial charge on any atom is 0.326 e. The number of nitrogens with zero attached hydrogens (tertiary/aromatic N) is 2. The standard InChI is InChI=1S/C26H20Cl2N2O3S/c27-20-6-7-22(23(28)14-20)25(31)30(24(26(32)33)12-17-4-2-1-3-5-17)15-21-13-19(16-34-21)18-8-10-29-11-9-18/h1-11,13-14,16,24H,12,15H2,(H,32,33)/t24-/m0/s1. The summed E-state index contributed by atoms with van der Waals surface area (Å²) in [5.41, 5.74) is 3.00. The van der Waals surface area contributed by atoms with Crippen LogP contribution in [0.2, 0.25) is 10.0 Å². The molecule has 2 aromatic carbocycles. The third-order valence-corrected chi connectivity index (χ3v) is 6.82. The fourth-order valence-corrected chi connectivity index (χ4v) is 5.02. The van der Waals surface area contributed by atoms with Crippen molar-refractivity contribution in [2.45, 2.75) is 19.0 Å². The SMILES string of the molecule is O=C(O)[C@H](Cc1ccccc1)N(Cc1cc(-c2ccncc2)cs1)C(=O)c1ccc(Cl)cc1Cl. The summed E-state index contributed by atoms with van der Waals surface area (Å²) >= 11 is 13.8. The lowest BCUT2D eigenvalue weighted by molar-refractivity contribution is -0.142. The molecule has 1 atom stereocenters. The van der Waals surface area contributed by atoms with Gasteiger partial charge in [0.05, 0.1) is 17.1 Å². The number of carboxylic acid groups (broad SMARTS) is 1. The lowest BCUT2D eigenvalue weighted by Gasteiger charge is -2.29. The van der Waals surface area contributed by atoms with E-state index >= 15 is 0 Å². The zero-order chi connectivity index (χ0) is 24.1. The van der Waals surface area contributed by atoms with Crippen LogP contribution in [0.3, 0.4) is 0 Å². The van der Waals surface area contributed by atoms with E-state index in [2.05, 4.69) is 4.98 Å². The number of carboxylic acids is 1. The Morgan fingerprint density at radius 3 is 2.38 bits per heavy atom. The van der Waals surface area contributed by atoms with Crippen LogP contribution in [0.15, 0.2) is 84.5 Å². The van der Waals surface area contributed by atoms with Gasteiger partial charge in [-0.3, -0.25) is 9.78 Å². The molecule has 0 fully saturated rings. The quantitative estimate of drug-likeness (QED) is 0.295. The molecule has 0 spiro atoms. The first kappa shape index (κ1) is 24.0. The van der Waals surface area contributed by atoms with Crippen LogP contribution < -0.4 is 0 Å². The highest BCUT2D eigenvalue weighted by molar-refractivity contribution is 7.10. The summed E-state index contributed by atoms with van der Waals surface area (Å²) in [6, 6.07) is 18.5. The van der Waals surface area contributed by atoms with Gasteiger partial charge in [-0.1, -0.05) is 53.5 Å². The summed E-state index contributed by atoms with van der Waals surface area (Å²) in [6.45, 7) is 0.122. The van der Waals surface area contributed by atoms with Crippen LogP contribution in [0.5, 0.6) is 0 Å². The first-order valence-electron chi connectivity index (χ1n) is 10.4. The van der Waals surface area contributed by atoms with Crippen molar-refractivity contribution in [2.75, 3.05) is 0 Å². The number of hydrogen-bond donors (Lipinski definition) is 1. The number of halogens is 2. The third-order valence-electron chi connectivity index (χ3n) is 5.35. The minimum absolute atomic E-state index is 0.122. The van der Waals surface area contributed by atoms with Crippen molar-refractivity contribution in [1.82, 2.24) is 9.88 Å². The molecule has 8 heteroatoms. The zero-order valence-corrected chi connectivity index (χ0v) is 20.2. The van der Waals surface area contributed by atoms with E-state index in [9.17, 15) is 14.7 Å². The van der Waals surface area contributed by atoms with Crippen molar-refractivity contribution in [3.05, 3.63) is 111 Å². The van der Waals surface area contributed by atoms with Crippen LogP contribution in [0, 0.1) is 0 Å². The highest BCUT2D eigenvalue weighted by Crippen LogP contribution is 2.29. The summed E-state index contributed by atoms with van der Waals surface area (Å²) < 4.78 is 0. The molecule has 0 bridgehead atoms. The van der Waals surface area contributed by atoms with Gasteiger partial charge in [0.15, 0.2) is 0 Å². The number of pyridine rings is 1. The molecule has 4 rings (SSSR count). The molecule has 2 heterocycles. The molecule has 34 heavy (non-hydrogen) atoms. The van der Waals surface area contributed by atoms with E-state index in [1.54, 1.807) is 18.5 Å². The normalized spacial score (nSPS) is 11.7. The van der Waals surface area contributed by atoms with E-state index in [4.69, 9.17) is 23.2 Å². The van der Waals surface area contributed by atoms with Crippen LogP contribution in [0.1, 0.15) is 20.8 Å². The van der Waals surface area contributed by atoms with Crippen LogP contribution in [0.4, 0.5) is 0 Å². The molecule has 1 amide bonds. The predicted octanol–water partition coefficient (Wildman–Crippen LogP) is 6.46. The molecular weight excluding hydrogens is 491 g/mol. The van der Waals surface area contributed by atoms with E-state index in [1.807, 2.05) is 53.9 Å². The molecule has 5 nitrogen and oxygen atoms in total. The van der Waals surface area contributed by atoms with Gasteiger partial charge in [0.2, 0.25) is 0 Å². The Morgan fingerprint density at radius 2 is 1.71 bits per heavy atom. The fourth-order valence-electron chi connectivity index (χ4n) is 3.64. The Kier molecular flexibility index (Phi) is 7.63. The van der Waals surface area contributed by atoms with Crippen molar-refractivity contribution in [3.63, 3.8) is 0 Å². The summed E-state index contributed by atoms with van der Waals surface area (Å²) in [5, 5.41) is 12.7. The Balaban J connectivity index is 1.70. The maximum absolute atomic E-state index is 13.6. The van der Waals surface area contributed by atoms with Crippen molar-refractivity contribution in [2.24, 2.45) is 0 Å². The number of thiophene rings is 1. The Morgan fingerprint density at radius 1 is 0.971 bits per heavy atom. The molecule has 0 aliphatic rings.